The van der Waals surface area contributed by atoms with E-state index >= 15 is 0 Å². The number of para-hydroxylation sites is 1. The number of aryl methyl sites for hydroxylation is 2. The molecular formula is C21H27N3O. The number of anilines is 1. The van der Waals surface area contributed by atoms with Crippen molar-refractivity contribution in [3.8, 4) is 0 Å². The standard InChI is InChI=1S/C21H27N3O/c1-15-7-6-8-16(2)21(15)23-12-20(25)24-13-18(11-22)19(14-24)17-9-4-3-5-10-17/h3-10,18-19,23H,11-14,22H2,1-2H3/t18-,19+/m1/s1. The van der Waals surface area contributed by atoms with Crippen LogP contribution in [0.25, 0.3) is 0 Å². The van der Waals surface area contributed by atoms with Crippen LogP contribution in [0.15, 0.2) is 48.5 Å². The van der Waals surface area contributed by atoms with Crippen molar-refractivity contribution in [2.75, 3.05) is 31.5 Å². The first-order valence-electron chi connectivity index (χ1n) is 8.93. The third-order valence-corrected chi connectivity index (χ3v) is 5.22. The minimum Gasteiger partial charge on any atom is -0.376 e. The van der Waals surface area contributed by atoms with Gasteiger partial charge in [0.1, 0.15) is 0 Å². The molecule has 1 fully saturated rings. The van der Waals surface area contributed by atoms with Crippen molar-refractivity contribution in [2.45, 2.75) is 19.8 Å². The van der Waals surface area contributed by atoms with Gasteiger partial charge in [-0.25, -0.2) is 0 Å². The van der Waals surface area contributed by atoms with Crippen molar-refractivity contribution in [3.63, 3.8) is 0 Å². The average molecular weight is 337 g/mol. The van der Waals surface area contributed by atoms with Gasteiger partial charge in [0.15, 0.2) is 0 Å². The van der Waals surface area contributed by atoms with E-state index in [1.54, 1.807) is 0 Å². The Labute approximate surface area is 150 Å². The van der Waals surface area contributed by atoms with Gasteiger partial charge in [-0.1, -0.05) is 48.5 Å². The van der Waals surface area contributed by atoms with Gasteiger partial charge in [-0.05, 0) is 43.0 Å². The number of benzene rings is 2. The number of nitrogens with one attached hydrogen (secondary N) is 1. The zero-order valence-corrected chi connectivity index (χ0v) is 15.0. The number of carbonyl (C=O) groups excluding carboxylic acids is 1. The van der Waals surface area contributed by atoms with E-state index in [-0.39, 0.29) is 5.91 Å². The summed E-state index contributed by atoms with van der Waals surface area (Å²) in [5.74, 6) is 0.793. The summed E-state index contributed by atoms with van der Waals surface area (Å²) in [6, 6.07) is 16.6. The number of rotatable bonds is 5. The first-order valence-corrected chi connectivity index (χ1v) is 8.93. The Morgan fingerprint density at radius 3 is 2.40 bits per heavy atom. The lowest BCUT2D eigenvalue weighted by Crippen LogP contribution is -2.34. The fourth-order valence-electron chi connectivity index (χ4n) is 3.76. The zero-order chi connectivity index (χ0) is 17.8. The van der Waals surface area contributed by atoms with Gasteiger partial charge < -0.3 is 16.0 Å². The molecule has 2 aromatic rings. The first kappa shape index (κ1) is 17.5. The Bertz CT molecular complexity index is 709. The van der Waals surface area contributed by atoms with Gasteiger partial charge in [-0.2, -0.15) is 0 Å². The molecule has 2 aromatic carbocycles. The lowest BCUT2D eigenvalue weighted by atomic mass is 9.89. The highest BCUT2D eigenvalue weighted by molar-refractivity contribution is 5.82. The molecule has 25 heavy (non-hydrogen) atoms. The van der Waals surface area contributed by atoms with Gasteiger partial charge in [-0.3, -0.25) is 4.79 Å². The molecule has 4 heteroatoms. The van der Waals surface area contributed by atoms with Crippen LogP contribution in [0, 0.1) is 19.8 Å². The number of nitrogens with zero attached hydrogens (tertiary/aromatic N) is 1. The molecule has 132 valence electrons. The molecule has 0 aliphatic carbocycles. The van der Waals surface area contributed by atoms with Crippen LogP contribution in [0.4, 0.5) is 5.69 Å². The molecule has 3 rings (SSSR count). The summed E-state index contributed by atoms with van der Waals surface area (Å²) >= 11 is 0. The molecule has 2 atom stereocenters. The van der Waals surface area contributed by atoms with Gasteiger partial charge >= 0.3 is 0 Å². The summed E-state index contributed by atoms with van der Waals surface area (Å²) in [4.78, 5) is 14.7. The van der Waals surface area contributed by atoms with Crippen LogP contribution in [0.5, 0.6) is 0 Å². The highest BCUT2D eigenvalue weighted by atomic mass is 16.2. The first-order chi connectivity index (χ1) is 12.1. The highest BCUT2D eigenvalue weighted by Gasteiger charge is 2.34. The van der Waals surface area contributed by atoms with Crippen LogP contribution in [-0.4, -0.2) is 37.0 Å². The fourth-order valence-corrected chi connectivity index (χ4v) is 3.76. The zero-order valence-electron chi connectivity index (χ0n) is 15.0. The highest BCUT2D eigenvalue weighted by Crippen LogP contribution is 2.32. The normalized spacial score (nSPS) is 19.9. The van der Waals surface area contributed by atoms with E-state index in [1.807, 2.05) is 17.0 Å². The summed E-state index contributed by atoms with van der Waals surface area (Å²) in [6.45, 7) is 6.54. The monoisotopic (exact) mass is 337 g/mol. The number of hydrogen-bond donors (Lipinski definition) is 2. The third kappa shape index (κ3) is 3.85. The predicted molar refractivity (Wildman–Crippen MR) is 103 cm³/mol. The maximum absolute atomic E-state index is 12.7. The molecule has 0 saturated carbocycles. The second-order valence-corrected chi connectivity index (χ2v) is 6.93. The van der Waals surface area contributed by atoms with Crippen LogP contribution in [-0.2, 0) is 4.79 Å². The number of nitrogens with two attached hydrogens (primary N) is 1. The van der Waals surface area contributed by atoms with Crippen molar-refractivity contribution in [3.05, 3.63) is 65.2 Å². The third-order valence-electron chi connectivity index (χ3n) is 5.22. The van der Waals surface area contributed by atoms with Crippen LogP contribution < -0.4 is 11.1 Å². The lowest BCUT2D eigenvalue weighted by Gasteiger charge is -2.19. The largest absolute Gasteiger partial charge is 0.376 e. The van der Waals surface area contributed by atoms with E-state index in [0.29, 0.717) is 24.9 Å². The Hall–Kier alpha value is -2.33. The topological polar surface area (TPSA) is 58.4 Å². The van der Waals surface area contributed by atoms with E-state index < -0.39 is 0 Å². The van der Waals surface area contributed by atoms with E-state index in [0.717, 1.165) is 29.9 Å². The van der Waals surface area contributed by atoms with Crippen LogP contribution >= 0.6 is 0 Å². The molecule has 0 radical (unpaired) electrons. The summed E-state index contributed by atoms with van der Waals surface area (Å²) < 4.78 is 0. The summed E-state index contributed by atoms with van der Waals surface area (Å²) in [7, 11) is 0. The molecule has 4 nitrogen and oxygen atoms in total. The predicted octanol–water partition coefficient (Wildman–Crippen LogP) is 2.92. The molecular weight excluding hydrogens is 310 g/mol. The second kappa shape index (κ2) is 7.70. The molecule has 0 aromatic heterocycles. The Kier molecular flexibility index (Phi) is 5.39. The molecule has 1 amide bonds. The van der Waals surface area contributed by atoms with Crippen molar-refractivity contribution in [1.82, 2.24) is 4.90 Å². The Morgan fingerprint density at radius 2 is 1.76 bits per heavy atom. The summed E-state index contributed by atoms with van der Waals surface area (Å²) in [6.07, 6.45) is 0. The van der Waals surface area contributed by atoms with Gasteiger partial charge in [0.2, 0.25) is 5.91 Å². The smallest absolute Gasteiger partial charge is 0.241 e. The molecule has 1 saturated heterocycles. The van der Waals surface area contributed by atoms with Crippen molar-refractivity contribution >= 4 is 11.6 Å². The van der Waals surface area contributed by atoms with Crippen molar-refractivity contribution in [2.24, 2.45) is 11.7 Å². The van der Waals surface area contributed by atoms with Crippen molar-refractivity contribution in [1.29, 1.82) is 0 Å². The van der Waals surface area contributed by atoms with E-state index in [2.05, 4.69) is 55.6 Å². The molecule has 1 aliphatic heterocycles. The second-order valence-electron chi connectivity index (χ2n) is 6.93. The number of hydrogen-bond acceptors (Lipinski definition) is 3. The quantitative estimate of drug-likeness (QED) is 0.882. The average Bonchev–Trinajstić information content (AvgIpc) is 3.06. The maximum Gasteiger partial charge on any atom is 0.241 e. The summed E-state index contributed by atoms with van der Waals surface area (Å²) in [5.41, 5.74) is 10.6. The van der Waals surface area contributed by atoms with Crippen LogP contribution in [0.3, 0.4) is 0 Å². The Balaban J connectivity index is 1.65. The fraction of sp³-hybridized carbons (Fsp3) is 0.381. The molecule has 0 spiro atoms. The van der Waals surface area contributed by atoms with Crippen LogP contribution in [0.1, 0.15) is 22.6 Å². The van der Waals surface area contributed by atoms with Gasteiger partial charge in [0.05, 0.1) is 6.54 Å². The van der Waals surface area contributed by atoms with Gasteiger partial charge in [0, 0.05) is 24.7 Å². The SMILES string of the molecule is Cc1cccc(C)c1NCC(=O)N1C[C@@H](CN)[C@H](c2ccccc2)C1. The molecule has 1 aliphatic rings. The lowest BCUT2D eigenvalue weighted by molar-refractivity contribution is -0.128. The minimum absolute atomic E-state index is 0.138. The van der Waals surface area contributed by atoms with E-state index in [9.17, 15) is 4.79 Å². The van der Waals surface area contributed by atoms with E-state index in [4.69, 9.17) is 5.73 Å². The Morgan fingerprint density at radius 1 is 1.08 bits per heavy atom. The molecule has 0 unspecified atom stereocenters. The van der Waals surface area contributed by atoms with Gasteiger partial charge in [-0.15, -0.1) is 0 Å². The molecule has 3 N–H and O–H groups in total. The molecule has 1 heterocycles. The number of carbonyl (C=O) groups is 1. The summed E-state index contributed by atoms with van der Waals surface area (Å²) in [5, 5.41) is 3.32. The van der Waals surface area contributed by atoms with Crippen molar-refractivity contribution < 1.29 is 4.79 Å². The van der Waals surface area contributed by atoms with Crippen LogP contribution in [0.2, 0.25) is 0 Å². The van der Waals surface area contributed by atoms with E-state index in [1.165, 1.54) is 5.56 Å². The maximum atomic E-state index is 12.7. The molecule has 0 bridgehead atoms. The number of likely N-dealkylation sites (tertiary alicyclic amines) is 1. The minimum atomic E-state index is 0.138. The number of amides is 1. The van der Waals surface area contributed by atoms with Gasteiger partial charge in [0.25, 0.3) is 0 Å².